The van der Waals surface area contributed by atoms with Crippen LogP contribution < -0.4 is 24.2 Å². The predicted octanol–water partition coefficient (Wildman–Crippen LogP) is -1.06. The average Bonchev–Trinajstić information content (AvgIpc) is 2.15. The number of amides is 1. The Balaban J connectivity index is 0. The van der Waals surface area contributed by atoms with Gasteiger partial charge < -0.3 is 6.74 Å². The fraction of sp³-hybridized carbons (Fsp3) is 0.300. The van der Waals surface area contributed by atoms with Gasteiger partial charge in [0, 0.05) is 12.1 Å². The molecular weight excluding hydrogens is 157 g/mol. The Hall–Kier alpha value is -0.713. The van der Waals surface area contributed by atoms with E-state index in [2.05, 4.69) is 5.32 Å². The molecule has 0 unspecified atom stereocenters. The van der Waals surface area contributed by atoms with Crippen LogP contribution in [0.1, 0.15) is 25.1 Å². The van der Waals surface area contributed by atoms with Crippen LogP contribution >= 0.6 is 0 Å². The molecule has 1 N–H and O–H groups in total. The van der Waals surface area contributed by atoms with E-state index in [1.54, 1.807) is 0 Å². The quantitative estimate of drug-likeness (QED) is 0.577. The molecule has 0 aliphatic carbocycles. The van der Waals surface area contributed by atoms with Crippen LogP contribution in [0.3, 0.4) is 0 Å². The molecule has 66 valence electrons. The molecule has 0 fully saturated rings. The van der Waals surface area contributed by atoms with Gasteiger partial charge in [0.05, 0.1) is 0 Å². The Morgan fingerprint density at radius 2 is 2.00 bits per heavy atom. The van der Waals surface area contributed by atoms with Crippen LogP contribution in [0.25, 0.3) is 0 Å². The second kappa shape index (κ2) is 6.77. The SMILES string of the molecule is CCCNC(=O)c1ccccc1.[H-].[Li+]. The molecule has 0 spiro atoms. The molecule has 2 nitrogen and oxygen atoms in total. The van der Waals surface area contributed by atoms with E-state index in [4.69, 9.17) is 0 Å². The molecule has 0 aliphatic heterocycles. The summed E-state index contributed by atoms with van der Waals surface area (Å²) in [5.41, 5.74) is 0.728. The summed E-state index contributed by atoms with van der Waals surface area (Å²) in [4.78, 5) is 11.3. The van der Waals surface area contributed by atoms with E-state index in [9.17, 15) is 4.79 Å². The van der Waals surface area contributed by atoms with E-state index in [0.29, 0.717) is 0 Å². The summed E-state index contributed by atoms with van der Waals surface area (Å²) >= 11 is 0. The first-order valence-corrected chi connectivity index (χ1v) is 4.18. The second-order valence-corrected chi connectivity index (χ2v) is 2.62. The molecule has 13 heavy (non-hydrogen) atoms. The monoisotopic (exact) mass is 171 g/mol. The summed E-state index contributed by atoms with van der Waals surface area (Å²) in [6, 6.07) is 9.24. The Kier molecular flexibility index (Phi) is 6.40. The van der Waals surface area contributed by atoms with E-state index >= 15 is 0 Å². The zero-order valence-electron chi connectivity index (χ0n) is 9.21. The molecule has 1 amide bonds. The van der Waals surface area contributed by atoms with Crippen molar-refractivity contribution in [1.29, 1.82) is 0 Å². The van der Waals surface area contributed by atoms with E-state index in [1.807, 2.05) is 37.3 Å². The van der Waals surface area contributed by atoms with Crippen molar-refractivity contribution < 1.29 is 25.1 Å². The van der Waals surface area contributed by atoms with Gasteiger partial charge in [-0.3, -0.25) is 4.79 Å². The Labute approximate surface area is 92.4 Å². The molecular formula is C10H14LiNO. The third-order valence-electron chi connectivity index (χ3n) is 1.57. The summed E-state index contributed by atoms with van der Waals surface area (Å²) in [7, 11) is 0. The molecule has 0 saturated carbocycles. The molecule has 1 aromatic rings. The number of nitrogens with one attached hydrogen (secondary N) is 1. The summed E-state index contributed by atoms with van der Waals surface area (Å²) in [5.74, 6) is 0.0115. The van der Waals surface area contributed by atoms with Crippen LogP contribution in [0.2, 0.25) is 0 Å². The van der Waals surface area contributed by atoms with Crippen molar-refractivity contribution >= 4 is 5.91 Å². The Bertz CT molecular complexity index is 254. The average molecular weight is 171 g/mol. The fourth-order valence-corrected chi connectivity index (χ4v) is 0.930. The van der Waals surface area contributed by atoms with Gasteiger partial charge in [0.1, 0.15) is 0 Å². The summed E-state index contributed by atoms with van der Waals surface area (Å²) in [6.07, 6.45) is 0.971. The van der Waals surface area contributed by atoms with Crippen LogP contribution in [0.5, 0.6) is 0 Å². The third kappa shape index (κ3) is 4.17. The van der Waals surface area contributed by atoms with Crippen molar-refractivity contribution in [2.24, 2.45) is 0 Å². The molecule has 0 bridgehead atoms. The minimum atomic E-state index is 0. The first-order chi connectivity index (χ1) is 5.84. The normalized spacial score (nSPS) is 8.69. The van der Waals surface area contributed by atoms with Gasteiger partial charge >= 0.3 is 18.9 Å². The maximum Gasteiger partial charge on any atom is 1.00 e. The summed E-state index contributed by atoms with van der Waals surface area (Å²) in [5, 5.41) is 2.81. The Morgan fingerprint density at radius 1 is 1.38 bits per heavy atom. The van der Waals surface area contributed by atoms with Crippen LogP contribution in [-0.2, 0) is 0 Å². The minimum Gasteiger partial charge on any atom is -1.00 e. The fourth-order valence-electron chi connectivity index (χ4n) is 0.930. The molecule has 0 aliphatic rings. The zero-order chi connectivity index (χ0) is 8.81. The number of benzene rings is 1. The van der Waals surface area contributed by atoms with Crippen molar-refractivity contribution in [2.45, 2.75) is 13.3 Å². The van der Waals surface area contributed by atoms with E-state index in [0.717, 1.165) is 18.5 Å². The maximum atomic E-state index is 11.3. The van der Waals surface area contributed by atoms with Crippen molar-refractivity contribution in [3.63, 3.8) is 0 Å². The van der Waals surface area contributed by atoms with Crippen molar-refractivity contribution in [3.05, 3.63) is 35.9 Å². The van der Waals surface area contributed by atoms with Crippen LogP contribution in [0.4, 0.5) is 0 Å². The van der Waals surface area contributed by atoms with Gasteiger partial charge in [-0.2, -0.15) is 0 Å². The standard InChI is InChI=1S/C10H13NO.Li.H/c1-2-8-11-10(12)9-6-4-3-5-7-9;;/h3-7H,2,8H2,1H3,(H,11,12);;/q;+1;-1. The number of hydrogen-bond acceptors (Lipinski definition) is 1. The van der Waals surface area contributed by atoms with Gasteiger partial charge in [-0.15, -0.1) is 0 Å². The molecule has 1 aromatic carbocycles. The molecule has 0 radical (unpaired) electrons. The second-order valence-electron chi connectivity index (χ2n) is 2.62. The van der Waals surface area contributed by atoms with E-state index in [-0.39, 0.29) is 26.2 Å². The number of rotatable bonds is 3. The van der Waals surface area contributed by atoms with Crippen LogP contribution in [-0.4, -0.2) is 12.5 Å². The molecule has 1 rings (SSSR count). The third-order valence-corrected chi connectivity index (χ3v) is 1.57. The maximum absolute atomic E-state index is 11.3. The van der Waals surface area contributed by atoms with Crippen molar-refractivity contribution in [2.75, 3.05) is 6.54 Å². The minimum absolute atomic E-state index is 0. The van der Waals surface area contributed by atoms with Crippen molar-refractivity contribution in [3.8, 4) is 0 Å². The van der Waals surface area contributed by atoms with E-state index in [1.165, 1.54) is 0 Å². The Morgan fingerprint density at radius 3 is 2.54 bits per heavy atom. The number of hydrogen-bond donors (Lipinski definition) is 1. The van der Waals surface area contributed by atoms with Gasteiger partial charge in [0.25, 0.3) is 5.91 Å². The molecule has 0 aromatic heterocycles. The smallest absolute Gasteiger partial charge is 1.00 e. The van der Waals surface area contributed by atoms with Crippen LogP contribution in [0.15, 0.2) is 30.3 Å². The summed E-state index contributed by atoms with van der Waals surface area (Å²) < 4.78 is 0. The van der Waals surface area contributed by atoms with Gasteiger partial charge in [-0.1, -0.05) is 25.1 Å². The van der Waals surface area contributed by atoms with Gasteiger partial charge in [-0.05, 0) is 18.6 Å². The largest absolute Gasteiger partial charge is 1.00 e. The van der Waals surface area contributed by atoms with Gasteiger partial charge in [-0.25, -0.2) is 0 Å². The van der Waals surface area contributed by atoms with E-state index < -0.39 is 0 Å². The first-order valence-electron chi connectivity index (χ1n) is 4.18. The predicted molar refractivity (Wildman–Crippen MR) is 50.2 cm³/mol. The number of carbonyl (C=O) groups is 1. The van der Waals surface area contributed by atoms with Crippen LogP contribution in [0, 0.1) is 0 Å². The zero-order valence-corrected chi connectivity index (χ0v) is 8.21. The topological polar surface area (TPSA) is 29.1 Å². The molecule has 0 heterocycles. The molecule has 3 heteroatoms. The molecule has 0 saturated heterocycles. The summed E-state index contributed by atoms with van der Waals surface area (Å²) in [6.45, 7) is 2.78. The van der Waals surface area contributed by atoms with Gasteiger partial charge in [0.2, 0.25) is 0 Å². The first kappa shape index (κ1) is 12.3. The van der Waals surface area contributed by atoms with Gasteiger partial charge in [0.15, 0.2) is 0 Å². The van der Waals surface area contributed by atoms with Crippen molar-refractivity contribution in [1.82, 2.24) is 5.32 Å². The molecule has 0 atom stereocenters. The number of carbonyl (C=O) groups excluding carboxylic acids is 1.